The van der Waals surface area contributed by atoms with Gasteiger partial charge in [0.05, 0.1) is 27.8 Å². The fourth-order valence-corrected chi connectivity index (χ4v) is 8.36. The lowest BCUT2D eigenvalue weighted by Crippen LogP contribution is -2.41. The molecule has 1 amide bonds. The van der Waals surface area contributed by atoms with Crippen molar-refractivity contribution in [2.45, 2.75) is 68.2 Å². The van der Waals surface area contributed by atoms with E-state index >= 15 is 8.78 Å². The van der Waals surface area contributed by atoms with E-state index in [1.54, 1.807) is 18.0 Å². The highest BCUT2D eigenvalue weighted by molar-refractivity contribution is 7.92. The molecule has 1 saturated carbocycles. The number of halogens is 3. The van der Waals surface area contributed by atoms with Crippen LogP contribution >= 0.6 is 0 Å². The number of carbonyl (C=O) groups is 1. The molecule has 0 bridgehead atoms. The minimum absolute atomic E-state index is 0.0444. The number of amides is 1. The molecule has 0 radical (unpaired) electrons. The van der Waals surface area contributed by atoms with E-state index in [1.165, 1.54) is 18.3 Å². The molecule has 1 heterocycles. The molecule has 7 rings (SSSR count). The number of hydrogen-bond donors (Lipinski definition) is 3. The number of hydrogen-bond acceptors (Lipinski definition) is 8. The van der Waals surface area contributed by atoms with E-state index in [2.05, 4.69) is 20.0 Å². The van der Waals surface area contributed by atoms with Crippen molar-refractivity contribution < 1.29 is 36.2 Å². The first-order valence-corrected chi connectivity index (χ1v) is 18.4. The van der Waals surface area contributed by atoms with Crippen LogP contribution in [0.5, 0.6) is 0 Å². The van der Waals surface area contributed by atoms with Crippen LogP contribution in [0.4, 0.5) is 29.6 Å². The second-order valence-electron chi connectivity index (χ2n) is 13.2. The van der Waals surface area contributed by atoms with Crippen molar-refractivity contribution in [2.24, 2.45) is 0 Å². The molecule has 270 valence electrons. The molecule has 0 aliphatic heterocycles. The summed E-state index contributed by atoms with van der Waals surface area (Å²) in [6, 6.07) is 18.1. The number of aliphatic hydroxyl groups excluding tert-OH is 1. The number of nitrogens with zero attached hydrogens (tertiary/aromatic N) is 3. The molecule has 1 fully saturated rings. The van der Waals surface area contributed by atoms with Crippen molar-refractivity contribution in [1.82, 2.24) is 14.9 Å². The molecular weight excluding hydrogens is 696 g/mol. The minimum Gasteiger partial charge on any atom is -0.445 e. The highest BCUT2D eigenvalue weighted by Crippen LogP contribution is 2.38. The van der Waals surface area contributed by atoms with Gasteiger partial charge in [0.15, 0.2) is 5.82 Å². The van der Waals surface area contributed by atoms with Crippen molar-refractivity contribution in [3.05, 3.63) is 113 Å². The second kappa shape index (κ2) is 14.4. The van der Waals surface area contributed by atoms with Crippen LogP contribution in [0.1, 0.15) is 54.9 Å². The molecule has 1 aromatic heterocycles. The number of fused-ring (bicyclic) bond motifs is 2. The van der Waals surface area contributed by atoms with Crippen LogP contribution in [0, 0.1) is 17.5 Å². The quantitative estimate of drug-likeness (QED) is 0.142. The third-order valence-corrected chi connectivity index (χ3v) is 11.2. The minimum atomic E-state index is -4.51. The van der Waals surface area contributed by atoms with E-state index in [1.807, 2.05) is 30.3 Å². The Kier molecular flexibility index (Phi) is 9.77. The Morgan fingerprint density at radius 3 is 2.52 bits per heavy atom. The van der Waals surface area contributed by atoms with Gasteiger partial charge in [-0.1, -0.05) is 36.4 Å². The Bertz CT molecular complexity index is 2250. The van der Waals surface area contributed by atoms with Crippen LogP contribution < -0.4 is 10.0 Å². The van der Waals surface area contributed by atoms with Gasteiger partial charge in [0.1, 0.15) is 18.2 Å². The Morgan fingerprint density at radius 1 is 0.981 bits per heavy atom. The van der Waals surface area contributed by atoms with E-state index in [9.17, 15) is 22.7 Å². The summed E-state index contributed by atoms with van der Waals surface area (Å²) in [6.45, 7) is 0.214. The van der Waals surface area contributed by atoms with E-state index in [-0.39, 0.29) is 54.3 Å². The highest BCUT2D eigenvalue weighted by Gasteiger charge is 2.31. The van der Waals surface area contributed by atoms with Gasteiger partial charge in [-0.2, -0.15) is 0 Å². The number of aliphatic hydroxyl groups is 1. The van der Waals surface area contributed by atoms with Gasteiger partial charge in [-0.3, -0.25) is 4.72 Å². The number of sulfonamides is 1. The summed E-state index contributed by atoms with van der Waals surface area (Å²) in [5, 5.41) is 14.0. The Balaban J connectivity index is 1.01. The summed E-state index contributed by atoms with van der Waals surface area (Å²) in [4.78, 5) is 22.9. The third-order valence-electron chi connectivity index (χ3n) is 9.80. The lowest BCUT2D eigenvalue weighted by Gasteiger charge is -2.34. The van der Waals surface area contributed by atoms with Crippen molar-refractivity contribution in [1.29, 1.82) is 0 Å². The van der Waals surface area contributed by atoms with Crippen molar-refractivity contribution in [3.8, 4) is 11.1 Å². The molecule has 1 unspecified atom stereocenters. The number of rotatable bonds is 9. The van der Waals surface area contributed by atoms with Crippen molar-refractivity contribution in [3.63, 3.8) is 0 Å². The summed E-state index contributed by atoms with van der Waals surface area (Å²) in [7, 11) is -2.75. The van der Waals surface area contributed by atoms with Crippen molar-refractivity contribution >= 4 is 38.7 Å². The molecule has 3 N–H and O–H groups in total. The first-order valence-electron chi connectivity index (χ1n) is 17.0. The number of carbonyl (C=O) groups excluding carboxylic acids is 1. The monoisotopic (exact) mass is 731 g/mol. The zero-order valence-electron chi connectivity index (χ0n) is 28.2. The molecule has 10 nitrogen and oxygen atoms in total. The van der Waals surface area contributed by atoms with E-state index in [4.69, 9.17) is 4.74 Å². The van der Waals surface area contributed by atoms with Crippen LogP contribution in [0.15, 0.2) is 83.9 Å². The number of anilines is 2. The summed E-state index contributed by atoms with van der Waals surface area (Å²) < 4.78 is 79.6. The summed E-state index contributed by atoms with van der Waals surface area (Å²) in [6.07, 6.45) is 3.70. The highest BCUT2D eigenvalue weighted by atomic mass is 32.2. The number of nitrogens with one attached hydrogen (secondary N) is 2. The maximum absolute atomic E-state index is 15.9. The third kappa shape index (κ3) is 7.26. The first kappa shape index (κ1) is 35.2. The van der Waals surface area contributed by atoms with Crippen LogP contribution in [-0.2, 0) is 27.8 Å². The predicted molar refractivity (Wildman–Crippen MR) is 189 cm³/mol. The summed E-state index contributed by atoms with van der Waals surface area (Å²) in [5.74, 6) is -2.53. The zero-order chi connectivity index (χ0) is 36.6. The van der Waals surface area contributed by atoms with Gasteiger partial charge >= 0.3 is 6.09 Å². The van der Waals surface area contributed by atoms with Gasteiger partial charge in [0.2, 0.25) is 5.95 Å². The number of ether oxygens (including phenoxy) is 1. The van der Waals surface area contributed by atoms with Gasteiger partial charge in [-0.05, 0) is 97.2 Å². The molecule has 5 aromatic rings. The largest absolute Gasteiger partial charge is 0.445 e. The standard InChI is InChI=1S/C38H36F3N5O5S/c1-46(38(48)51-21-22-5-3-2-4-6-22)27-10-8-26(9-11-27)43-37-42-20-24-17-23(7-14-31(24)44-37)35-30(40)13-15-32(36(35)41)45-52(49,50)34-19-25(39)18-29-28(34)12-16-33(29)47/h2-7,13-15,17-20,26-27,33,45,47H,8-12,16,21H2,1H3,(H,42,43,44). The van der Waals surface area contributed by atoms with Crippen molar-refractivity contribution in [2.75, 3.05) is 17.1 Å². The second-order valence-corrected chi connectivity index (χ2v) is 14.8. The average Bonchev–Trinajstić information content (AvgIpc) is 3.51. The van der Waals surface area contributed by atoms with E-state index in [0.29, 0.717) is 16.9 Å². The van der Waals surface area contributed by atoms with Gasteiger partial charge in [0, 0.05) is 30.7 Å². The zero-order valence-corrected chi connectivity index (χ0v) is 29.0. The molecule has 4 aromatic carbocycles. The fourth-order valence-electron chi connectivity index (χ4n) is 6.99. The smallest absolute Gasteiger partial charge is 0.410 e. The molecule has 0 spiro atoms. The van der Waals surface area contributed by atoms with Crippen LogP contribution in [0.3, 0.4) is 0 Å². The van der Waals surface area contributed by atoms with Crippen LogP contribution in [-0.4, -0.2) is 53.6 Å². The maximum atomic E-state index is 15.9. The van der Waals surface area contributed by atoms with Gasteiger partial charge < -0.3 is 20.1 Å². The Hall–Kier alpha value is -5.21. The summed E-state index contributed by atoms with van der Waals surface area (Å²) >= 11 is 0. The van der Waals surface area contributed by atoms with Gasteiger partial charge in [-0.15, -0.1) is 0 Å². The lowest BCUT2D eigenvalue weighted by molar-refractivity contribution is 0.0827. The molecule has 14 heteroatoms. The molecule has 2 aliphatic carbocycles. The lowest BCUT2D eigenvalue weighted by atomic mass is 9.90. The normalized spacial score (nSPS) is 18.5. The molecule has 0 saturated heterocycles. The molecule has 2 aliphatic rings. The van der Waals surface area contributed by atoms with Crippen LogP contribution in [0.2, 0.25) is 0 Å². The SMILES string of the molecule is CN(C(=O)OCc1ccccc1)C1CCC(Nc2ncc3cc(-c4c(F)ccc(NS(=O)(=O)c5cc(F)cc6c5CCC6O)c4F)ccc3n2)CC1. The first-order chi connectivity index (χ1) is 25.0. The summed E-state index contributed by atoms with van der Waals surface area (Å²) in [5.41, 5.74) is 1.02. The molecule has 1 atom stereocenters. The van der Waals surface area contributed by atoms with Crippen LogP contribution in [0.25, 0.3) is 22.0 Å². The van der Waals surface area contributed by atoms with E-state index < -0.39 is 49.7 Å². The number of aromatic nitrogens is 2. The fraction of sp³-hybridized carbons (Fsp3) is 0.289. The Morgan fingerprint density at radius 2 is 1.75 bits per heavy atom. The predicted octanol–water partition coefficient (Wildman–Crippen LogP) is 7.49. The molecule has 52 heavy (non-hydrogen) atoms. The average molecular weight is 732 g/mol. The topological polar surface area (TPSA) is 134 Å². The van der Waals surface area contributed by atoms with E-state index in [0.717, 1.165) is 55.5 Å². The Labute approximate surface area is 298 Å². The van der Waals surface area contributed by atoms with Gasteiger partial charge in [0.25, 0.3) is 10.0 Å². The van der Waals surface area contributed by atoms with Gasteiger partial charge in [-0.25, -0.2) is 36.4 Å². The molecular formula is C38H36F3N5O5S. The maximum Gasteiger partial charge on any atom is 0.410 e. The number of benzene rings is 4.